The van der Waals surface area contributed by atoms with Crippen molar-refractivity contribution in [1.29, 1.82) is 0 Å². The maximum absolute atomic E-state index is 10.1. The second-order valence-corrected chi connectivity index (χ2v) is 8.68. The lowest BCUT2D eigenvalue weighted by Crippen LogP contribution is -2.46. The van der Waals surface area contributed by atoms with Crippen molar-refractivity contribution in [2.75, 3.05) is 39.6 Å². The average molecular weight is 362 g/mol. The molecule has 2 saturated heterocycles. The maximum Gasteiger partial charge on any atom is 0.329 e. The molecular weight excluding hydrogens is 327 g/mol. The average Bonchev–Trinajstić information content (AvgIpc) is 2.51. The van der Waals surface area contributed by atoms with E-state index in [1.165, 1.54) is 38.5 Å². The first-order valence-corrected chi connectivity index (χ1v) is 10.7. The smallest absolute Gasteiger partial charge is 0.329 e. The third kappa shape index (κ3) is 6.19. The molecule has 0 radical (unpaired) electrons. The molecule has 0 aromatic carbocycles. The predicted octanol–water partition coefficient (Wildman–Crippen LogP) is 4.43. The molecular formula is C18H35O5P. The molecule has 0 aromatic heterocycles. The fraction of sp³-hybridized carbons (Fsp3) is 1.00. The van der Waals surface area contributed by atoms with Gasteiger partial charge in [-0.1, -0.05) is 52.4 Å². The van der Waals surface area contributed by atoms with Gasteiger partial charge in [0.25, 0.3) is 0 Å². The first-order chi connectivity index (χ1) is 11.6. The van der Waals surface area contributed by atoms with E-state index in [2.05, 4.69) is 13.8 Å². The SMILES string of the molecule is CCCCCC1(COP(O)OCC2(CCCCC)COC2)COC1. The molecule has 2 aliphatic rings. The summed E-state index contributed by atoms with van der Waals surface area (Å²) in [5, 5.41) is 0. The van der Waals surface area contributed by atoms with E-state index in [-0.39, 0.29) is 10.8 Å². The largest absolute Gasteiger partial charge is 0.380 e. The van der Waals surface area contributed by atoms with E-state index in [0.717, 1.165) is 39.3 Å². The fourth-order valence-electron chi connectivity index (χ4n) is 3.30. The van der Waals surface area contributed by atoms with Crippen molar-refractivity contribution in [3.05, 3.63) is 0 Å². The standard InChI is InChI=1S/C18H35O5P/c1-3-5-7-9-17(11-20-12-17)15-22-24(19)23-16-18(13-21-14-18)10-8-6-4-2/h19H,3-16H2,1-2H3. The van der Waals surface area contributed by atoms with Crippen molar-refractivity contribution in [2.24, 2.45) is 10.8 Å². The molecule has 6 heteroatoms. The highest BCUT2D eigenvalue weighted by Gasteiger charge is 2.41. The van der Waals surface area contributed by atoms with E-state index in [1.807, 2.05) is 0 Å². The van der Waals surface area contributed by atoms with Crippen LogP contribution in [0, 0.1) is 10.8 Å². The van der Waals surface area contributed by atoms with Crippen LogP contribution in [0.1, 0.15) is 65.2 Å². The molecule has 0 saturated carbocycles. The lowest BCUT2D eigenvalue weighted by Gasteiger charge is -2.42. The van der Waals surface area contributed by atoms with Gasteiger partial charge in [-0.3, -0.25) is 0 Å². The zero-order valence-corrected chi connectivity index (χ0v) is 16.3. The summed E-state index contributed by atoms with van der Waals surface area (Å²) >= 11 is 0. The van der Waals surface area contributed by atoms with Gasteiger partial charge in [-0.15, -0.1) is 0 Å². The van der Waals surface area contributed by atoms with Crippen molar-refractivity contribution in [3.63, 3.8) is 0 Å². The monoisotopic (exact) mass is 362 g/mol. The number of hydrogen-bond donors (Lipinski definition) is 1. The highest BCUT2D eigenvalue weighted by atomic mass is 31.2. The summed E-state index contributed by atoms with van der Waals surface area (Å²) in [6.07, 6.45) is 9.54. The van der Waals surface area contributed by atoms with Gasteiger partial charge in [-0.25, -0.2) is 0 Å². The molecule has 1 N–H and O–H groups in total. The fourth-order valence-corrected chi connectivity index (χ4v) is 4.15. The van der Waals surface area contributed by atoms with Crippen LogP contribution in [0.15, 0.2) is 0 Å². The topological polar surface area (TPSA) is 57.2 Å². The summed E-state index contributed by atoms with van der Waals surface area (Å²) in [5.74, 6) is 0. The van der Waals surface area contributed by atoms with Crippen LogP contribution in [-0.4, -0.2) is 44.5 Å². The second-order valence-electron chi connectivity index (χ2n) is 7.68. The molecule has 5 nitrogen and oxygen atoms in total. The second kappa shape index (κ2) is 10.4. The van der Waals surface area contributed by atoms with Gasteiger partial charge in [0.05, 0.1) is 39.6 Å². The van der Waals surface area contributed by atoms with Gasteiger partial charge >= 0.3 is 8.60 Å². The minimum Gasteiger partial charge on any atom is -0.380 e. The van der Waals surface area contributed by atoms with Crippen LogP contribution >= 0.6 is 8.60 Å². The third-order valence-electron chi connectivity index (χ3n) is 5.22. The third-order valence-corrected chi connectivity index (χ3v) is 5.92. The van der Waals surface area contributed by atoms with E-state index in [9.17, 15) is 4.89 Å². The van der Waals surface area contributed by atoms with Crippen LogP contribution in [0.5, 0.6) is 0 Å². The van der Waals surface area contributed by atoms with Gasteiger partial charge in [0, 0.05) is 10.8 Å². The van der Waals surface area contributed by atoms with E-state index in [4.69, 9.17) is 18.5 Å². The Labute approximate surface area is 148 Å². The molecule has 2 fully saturated rings. The normalized spacial score (nSPS) is 21.5. The predicted molar refractivity (Wildman–Crippen MR) is 95.8 cm³/mol. The number of ether oxygens (including phenoxy) is 2. The highest BCUT2D eigenvalue weighted by Crippen LogP contribution is 2.43. The Kier molecular flexibility index (Phi) is 8.90. The van der Waals surface area contributed by atoms with Crippen molar-refractivity contribution in [2.45, 2.75) is 65.2 Å². The number of rotatable bonds is 14. The van der Waals surface area contributed by atoms with Crippen molar-refractivity contribution in [3.8, 4) is 0 Å². The number of unbranched alkanes of at least 4 members (excludes halogenated alkanes) is 4. The molecule has 2 aliphatic heterocycles. The van der Waals surface area contributed by atoms with Gasteiger partial charge in [0.15, 0.2) is 0 Å². The van der Waals surface area contributed by atoms with Crippen molar-refractivity contribution < 1.29 is 23.4 Å². The Bertz CT molecular complexity index is 312. The molecule has 0 bridgehead atoms. The zero-order chi connectivity index (χ0) is 17.3. The van der Waals surface area contributed by atoms with Crippen LogP contribution in [0.4, 0.5) is 0 Å². The van der Waals surface area contributed by atoms with Gasteiger partial charge in [-0.05, 0) is 12.8 Å². The quantitative estimate of drug-likeness (QED) is 0.366. The Morgan fingerprint density at radius 3 is 1.50 bits per heavy atom. The maximum atomic E-state index is 10.1. The lowest BCUT2D eigenvalue weighted by molar-refractivity contribution is -0.146. The van der Waals surface area contributed by atoms with Gasteiger partial charge < -0.3 is 23.4 Å². The van der Waals surface area contributed by atoms with E-state index >= 15 is 0 Å². The van der Waals surface area contributed by atoms with E-state index in [1.54, 1.807) is 0 Å². The summed E-state index contributed by atoms with van der Waals surface area (Å²) in [6.45, 7) is 8.48. The lowest BCUT2D eigenvalue weighted by atomic mass is 9.81. The summed E-state index contributed by atoms with van der Waals surface area (Å²) in [4.78, 5) is 10.1. The molecule has 0 amide bonds. The van der Waals surface area contributed by atoms with Crippen LogP contribution in [0.2, 0.25) is 0 Å². The molecule has 142 valence electrons. The van der Waals surface area contributed by atoms with Crippen LogP contribution in [0.25, 0.3) is 0 Å². The first-order valence-electron chi connectivity index (χ1n) is 9.54. The molecule has 2 heterocycles. The molecule has 0 atom stereocenters. The molecule has 0 unspecified atom stereocenters. The Balaban J connectivity index is 1.64. The van der Waals surface area contributed by atoms with Crippen molar-refractivity contribution >= 4 is 8.60 Å². The zero-order valence-electron chi connectivity index (χ0n) is 15.4. The molecule has 0 spiro atoms. The Morgan fingerprint density at radius 2 is 1.21 bits per heavy atom. The van der Waals surface area contributed by atoms with Crippen molar-refractivity contribution in [1.82, 2.24) is 0 Å². The summed E-state index contributed by atoms with van der Waals surface area (Å²) in [7, 11) is -1.80. The minimum atomic E-state index is -1.80. The molecule has 24 heavy (non-hydrogen) atoms. The van der Waals surface area contributed by atoms with Crippen LogP contribution in [0.3, 0.4) is 0 Å². The van der Waals surface area contributed by atoms with Gasteiger partial charge in [0.2, 0.25) is 0 Å². The summed E-state index contributed by atoms with van der Waals surface area (Å²) in [6, 6.07) is 0. The highest BCUT2D eigenvalue weighted by molar-refractivity contribution is 7.40. The van der Waals surface area contributed by atoms with Gasteiger partial charge in [-0.2, -0.15) is 0 Å². The minimum absolute atomic E-state index is 0.0975. The first kappa shape index (κ1) is 20.5. The van der Waals surface area contributed by atoms with Crippen LogP contribution in [-0.2, 0) is 18.5 Å². The molecule has 0 aliphatic carbocycles. The Hall–Kier alpha value is 0.230. The molecule has 0 aromatic rings. The number of hydrogen-bond acceptors (Lipinski definition) is 5. The summed E-state index contributed by atoms with van der Waals surface area (Å²) < 4.78 is 22.1. The molecule has 2 rings (SSSR count). The van der Waals surface area contributed by atoms with E-state index in [0.29, 0.717) is 13.2 Å². The summed E-state index contributed by atoms with van der Waals surface area (Å²) in [5.41, 5.74) is 0.195. The van der Waals surface area contributed by atoms with Gasteiger partial charge in [0.1, 0.15) is 0 Å². The van der Waals surface area contributed by atoms with E-state index < -0.39 is 8.60 Å². The van der Waals surface area contributed by atoms with Crippen LogP contribution < -0.4 is 0 Å². The Morgan fingerprint density at radius 1 is 0.792 bits per heavy atom.